The Morgan fingerprint density at radius 3 is 2.30 bits per heavy atom. The lowest BCUT2D eigenvalue weighted by molar-refractivity contribution is -0.139. The molecule has 0 aliphatic heterocycles. The number of sulfonamides is 1. The molecule has 0 radical (unpaired) electrons. The predicted octanol–water partition coefficient (Wildman–Crippen LogP) is 4.05. The quantitative estimate of drug-likeness (QED) is 0.321. The van der Waals surface area contributed by atoms with E-state index in [0.29, 0.717) is 18.0 Å². The highest BCUT2D eigenvalue weighted by molar-refractivity contribution is 14.1. The number of likely N-dealkylation sites (N-methyl/N-ethyl adjacent to an activating group) is 1. The number of nitrogens with zero attached hydrogens (tertiary/aromatic N) is 2. The molecule has 0 saturated carbocycles. The van der Waals surface area contributed by atoms with E-state index in [-0.39, 0.29) is 17.3 Å². The summed E-state index contributed by atoms with van der Waals surface area (Å²) in [6, 6.07) is 21.2. The third-order valence-electron chi connectivity index (χ3n) is 5.73. The number of nitrogens with one attached hydrogen (secondary N) is 1. The molecule has 0 aromatic heterocycles. The summed E-state index contributed by atoms with van der Waals surface area (Å²) in [7, 11) is -2.52. The van der Waals surface area contributed by atoms with Gasteiger partial charge in [-0.3, -0.25) is 13.9 Å². The molecule has 0 bridgehead atoms. The summed E-state index contributed by atoms with van der Waals surface area (Å²) in [4.78, 5) is 28.0. The lowest BCUT2D eigenvalue weighted by Crippen LogP contribution is -2.51. The number of amides is 2. The van der Waals surface area contributed by atoms with Gasteiger partial charge in [-0.05, 0) is 90.5 Å². The molecule has 3 rings (SSSR count). The SMILES string of the molecule is CCNC(=O)[C@H](C)N(Cc1cccc(OC)c1)C(=O)CN(c1ccc(I)cc1)S(=O)(=O)c1ccccc1. The molecule has 3 aromatic rings. The first-order chi connectivity index (χ1) is 17.7. The van der Waals surface area contributed by atoms with Crippen molar-refractivity contribution in [1.29, 1.82) is 0 Å². The normalized spacial score (nSPS) is 11.9. The topological polar surface area (TPSA) is 96.0 Å². The van der Waals surface area contributed by atoms with Gasteiger partial charge in [0.15, 0.2) is 0 Å². The van der Waals surface area contributed by atoms with E-state index in [1.54, 1.807) is 81.6 Å². The van der Waals surface area contributed by atoms with Crippen LogP contribution in [0.4, 0.5) is 5.69 Å². The molecule has 0 aliphatic rings. The minimum Gasteiger partial charge on any atom is -0.497 e. The van der Waals surface area contributed by atoms with Gasteiger partial charge < -0.3 is 15.0 Å². The molecule has 1 atom stereocenters. The van der Waals surface area contributed by atoms with Crippen LogP contribution in [-0.4, -0.2) is 51.4 Å². The van der Waals surface area contributed by atoms with Crippen LogP contribution in [0.3, 0.4) is 0 Å². The van der Waals surface area contributed by atoms with Crippen LogP contribution in [0.2, 0.25) is 0 Å². The standard InChI is InChI=1S/C27H30IN3O5S/c1-4-29-27(33)20(2)30(18-21-9-8-10-24(17-21)36-3)26(32)19-31(23-15-13-22(28)14-16-23)37(34,35)25-11-6-5-7-12-25/h5-17,20H,4,18-19H2,1-3H3,(H,29,33)/t20-/m0/s1. The largest absolute Gasteiger partial charge is 0.497 e. The van der Waals surface area contributed by atoms with Gasteiger partial charge in [0.05, 0.1) is 17.7 Å². The summed E-state index contributed by atoms with van der Waals surface area (Å²) >= 11 is 2.13. The maximum atomic E-state index is 13.8. The van der Waals surface area contributed by atoms with Crippen LogP contribution in [0, 0.1) is 3.57 Å². The predicted molar refractivity (Wildman–Crippen MR) is 152 cm³/mol. The number of hydrogen-bond donors (Lipinski definition) is 1. The molecule has 1 N–H and O–H groups in total. The summed E-state index contributed by atoms with van der Waals surface area (Å²) in [6.07, 6.45) is 0. The number of rotatable bonds is 11. The Labute approximate surface area is 231 Å². The van der Waals surface area contributed by atoms with Crippen molar-refractivity contribution in [2.45, 2.75) is 31.3 Å². The maximum Gasteiger partial charge on any atom is 0.264 e. The maximum absolute atomic E-state index is 13.8. The van der Waals surface area contributed by atoms with Gasteiger partial charge in [0, 0.05) is 16.7 Å². The summed E-state index contributed by atoms with van der Waals surface area (Å²) in [6.45, 7) is 3.45. The average molecular weight is 636 g/mol. The zero-order valence-corrected chi connectivity index (χ0v) is 23.9. The highest BCUT2D eigenvalue weighted by Gasteiger charge is 2.32. The van der Waals surface area contributed by atoms with E-state index in [2.05, 4.69) is 27.9 Å². The van der Waals surface area contributed by atoms with E-state index >= 15 is 0 Å². The molecule has 196 valence electrons. The Hall–Kier alpha value is -3.12. The van der Waals surface area contributed by atoms with Gasteiger partial charge in [0.25, 0.3) is 10.0 Å². The van der Waals surface area contributed by atoms with Crippen LogP contribution in [0.15, 0.2) is 83.8 Å². The molecular weight excluding hydrogens is 605 g/mol. The Morgan fingerprint density at radius 2 is 1.68 bits per heavy atom. The van der Waals surface area contributed by atoms with Crippen LogP contribution >= 0.6 is 22.6 Å². The second kappa shape index (κ2) is 12.9. The highest BCUT2D eigenvalue weighted by Crippen LogP contribution is 2.25. The molecule has 0 saturated heterocycles. The molecular formula is C27H30IN3O5S. The minimum atomic E-state index is -4.07. The van der Waals surface area contributed by atoms with Gasteiger partial charge in [-0.25, -0.2) is 8.42 Å². The molecule has 10 heteroatoms. The smallest absolute Gasteiger partial charge is 0.264 e. The van der Waals surface area contributed by atoms with Crippen LogP contribution in [-0.2, 0) is 26.2 Å². The summed E-state index contributed by atoms with van der Waals surface area (Å²) in [5, 5.41) is 2.75. The molecule has 0 aliphatic carbocycles. The first-order valence-corrected chi connectivity index (χ1v) is 14.2. The first-order valence-electron chi connectivity index (χ1n) is 11.7. The molecule has 0 fully saturated rings. The number of hydrogen-bond acceptors (Lipinski definition) is 5. The van der Waals surface area contributed by atoms with Crippen molar-refractivity contribution in [2.24, 2.45) is 0 Å². The van der Waals surface area contributed by atoms with Crippen molar-refractivity contribution in [3.63, 3.8) is 0 Å². The molecule has 37 heavy (non-hydrogen) atoms. The Balaban J connectivity index is 2.01. The van der Waals surface area contributed by atoms with E-state index in [1.807, 2.05) is 6.07 Å². The summed E-state index contributed by atoms with van der Waals surface area (Å²) in [5.41, 5.74) is 1.10. The minimum absolute atomic E-state index is 0.0671. The van der Waals surface area contributed by atoms with Gasteiger partial charge in [0.1, 0.15) is 18.3 Å². The fraction of sp³-hybridized carbons (Fsp3) is 0.259. The number of ether oxygens (including phenoxy) is 1. The lowest BCUT2D eigenvalue weighted by atomic mass is 10.1. The molecule has 8 nitrogen and oxygen atoms in total. The lowest BCUT2D eigenvalue weighted by Gasteiger charge is -2.32. The zero-order valence-electron chi connectivity index (χ0n) is 20.9. The Morgan fingerprint density at radius 1 is 1.00 bits per heavy atom. The van der Waals surface area contributed by atoms with Crippen LogP contribution in [0.1, 0.15) is 19.4 Å². The van der Waals surface area contributed by atoms with Crippen molar-refractivity contribution < 1.29 is 22.7 Å². The van der Waals surface area contributed by atoms with E-state index in [9.17, 15) is 18.0 Å². The van der Waals surface area contributed by atoms with Gasteiger partial charge in [-0.15, -0.1) is 0 Å². The first kappa shape index (κ1) is 28.5. The Kier molecular flexibility index (Phi) is 9.93. The van der Waals surface area contributed by atoms with Gasteiger partial charge in [-0.1, -0.05) is 30.3 Å². The van der Waals surface area contributed by atoms with E-state index < -0.39 is 28.5 Å². The molecule has 0 heterocycles. The zero-order chi connectivity index (χ0) is 27.0. The van der Waals surface area contributed by atoms with Crippen molar-refractivity contribution in [1.82, 2.24) is 10.2 Å². The van der Waals surface area contributed by atoms with Crippen molar-refractivity contribution in [3.8, 4) is 5.75 Å². The van der Waals surface area contributed by atoms with Gasteiger partial charge in [0.2, 0.25) is 11.8 Å². The number of halogens is 1. The number of anilines is 1. The Bertz CT molecular complexity index is 1320. The van der Waals surface area contributed by atoms with Crippen LogP contribution in [0.25, 0.3) is 0 Å². The molecule has 2 amide bonds. The van der Waals surface area contributed by atoms with E-state index in [0.717, 1.165) is 13.4 Å². The third kappa shape index (κ3) is 7.22. The molecule has 0 spiro atoms. The van der Waals surface area contributed by atoms with Crippen LogP contribution < -0.4 is 14.4 Å². The molecule has 0 unspecified atom stereocenters. The number of carbonyl (C=O) groups excluding carboxylic acids is 2. The van der Waals surface area contributed by atoms with Gasteiger partial charge >= 0.3 is 0 Å². The molecule has 3 aromatic carbocycles. The number of methoxy groups -OCH3 is 1. The number of benzene rings is 3. The second-order valence-electron chi connectivity index (χ2n) is 8.24. The van der Waals surface area contributed by atoms with Crippen molar-refractivity contribution >= 4 is 50.1 Å². The fourth-order valence-electron chi connectivity index (χ4n) is 3.73. The fourth-order valence-corrected chi connectivity index (χ4v) is 5.52. The van der Waals surface area contributed by atoms with E-state index in [1.165, 1.54) is 17.0 Å². The monoisotopic (exact) mass is 635 g/mol. The van der Waals surface area contributed by atoms with E-state index in [4.69, 9.17) is 4.74 Å². The third-order valence-corrected chi connectivity index (χ3v) is 8.24. The average Bonchev–Trinajstić information content (AvgIpc) is 2.91. The highest BCUT2D eigenvalue weighted by atomic mass is 127. The number of carbonyl (C=O) groups is 2. The van der Waals surface area contributed by atoms with Crippen molar-refractivity contribution in [3.05, 3.63) is 88.0 Å². The summed E-state index contributed by atoms with van der Waals surface area (Å²) < 4.78 is 34.7. The second-order valence-corrected chi connectivity index (χ2v) is 11.4. The summed E-state index contributed by atoms with van der Waals surface area (Å²) in [5.74, 6) is -0.229. The van der Waals surface area contributed by atoms with Gasteiger partial charge in [-0.2, -0.15) is 0 Å². The van der Waals surface area contributed by atoms with Crippen LogP contribution in [0.5, 0.6) is 5.75 Å². The van der Waals surface area contributed by atoms with Crippen molar-refractivity contribution in [2.75, 3.05) is 24.5 Å².